The Labute approximate surface area is 153 Å². The lowest BCUT2D eigenvalue weighted by molar-refractivity contribution is -0.476. The number of phenols is 1. The van der Waals surface area contributed by atoms with E-state index in [0.29, 0.717) is 11.6 Å². The molecule has 29 heavy (non-hydrogen) atoms. The van der Waals surface area contributed by atoms with Gasteiger partial charge in [0.15, 0.2) is 0 Å². The maximum atomic E-state index is 14.3. The molecule has 0 atom stereocenters. The zero-order valence-electron chi connectivity index (χ0n) is 13.3. The van der Waals surface area contributed by atoms with Gasteiger partial charge < -0.3 is 5.11 Å². The van der Waals surface area contributed by atoms with Crippen LogP contribution in [0.2, 0.25) is 0 Å². The number of nitrogens with zero attached hydrogens (tertiary/aromatic N) is 1. The van der Waals surface area contributed by atoms with Crippen LogP contribution >= 0.6 is 0 Å². The number of carbonyl (C=O) groups is 1. The van der Waals surface area contributed by atoms with E-state index in [9.17, 15) is 53.1 Å². The molecular weight excluding hydrogens is 437 g/mol. The van der Waals surface area contributed by atoms with Gasteiger partial charge in [-0.15, -0.1) is 0 Å². The number of aromatic hydroxyl groups is 1. The minimum Gasteiger partial charge on any atom is -0.508 e. The highest BCUT2D eigenvalue weighted by molar-refractivity contribution is 5.90. The van der Waals surface area contributed by atoms with Gasteiger partial charge in [-0.05, 0) is 29.8 Å². The summed E-state index contributed by atoms with van der Waals surface area (Å²) in [7, 11) is 0. The number of halogens is 11. The second kappa shape index (κ2) is 6.19. The van der Waals surface area contributed by atoms with Crippen molar-refractivity contribution in [2.75, 3.05) is 0 Å². The van der Waals surface area contributed by atoms with E-state index in [2.05, 4.69) is 5.10 Å². The first-order chi connectivity index (χ1) is 12.9. The van der Waals surface area contributed by atoms with Crippen LogP contribution in [0.3, 0.4) is 0 Å². The summed E-state index contributed by atoms with van der Waals surface area (Å²) < 4.78 is 148. The molecule has 1 aromatic carbocycles. The summed E-state index contributed by atoms with van der Waals surface area (Å²) in [6.07, 6.45) is 0.435. The molecule has 1 amide bonds. The lowest BCUT2D eigenvalue weighted by atomic mass is 9.72. The van der Waals surface area contributed by atoms with Crippen molar-refractivity contribution in [1.82, 2.24) is 5.43 Å². The van der Waals surface area contributed by atoms with E-state index in [4.69, 9.17) is 5.11 Å². The Hall–Kier alpha value is -2.61. The van der Waals surface area contributed by atoms with Crippen LogP contribution in [0, 0.1) is 0 Å². The molecule has 0 aromatic heterocycles. The monoisotopic (exact) mass is 444 g/mol. The zero-order chi connectivity index (χ0) is 22.7. The van der Waals surface area contributed by atoms with Crippen molar-refractivity contribution >= 4 is 12.1 Å². The van der Waals surface area contributed by atoms with Crippen LogP contribution in [0.15, 0.2) is 29.4 Å². The maximum absolute atomic E-state index is 14.3. The van der Waals surface area contributed by atoms with Gasteiger partial charge in [0.1, 0.15) is 5.75 Å². The van der Waals surface area contributed by atoms with Crippen LogP contribution < -0.4 is 5.43 Å². The smallest absolute Gasteiger partial charge is 0.384 e. The Morgan fingerprint density at radius 1 is 0.759 bits per heavy atom. The van der Waals surface area contributed by atoms with Gasteiger partial charge in [-0.25, -0.2) is 9.82 Å². The van der Waals surface area contributed by atoms with Gasteiger partial charge in [0.2, 0.25) is 0 Å². The molecule has 0 radical (unpaired) electrons. The SMILES string of the molecule is O=C(N/N=C\c1ccc(O)cc1)C1(F)C(F)(F)C(F)(F)C(F)(F)C(F)(F)C1(F)F. The Kier molecular flexibility index (Phi) is 4.84. The number of benzene rings is 1. The van der Waals surface area contributed by atoms with E-state index < -0.39 is 41.2 Å². The molecule has 1 fully saturated rings. The number of hydrogen-bond donors (Lipinski definition) is 2. The Bertz CT molecular complexity index is 806. The van der Waals surface area contributed by atoms with E-state index in [1.54, 1.807) is 0 Å². The summed E-state index contributed by atoms with van der Waals surface area (Å²) in [5, 5.41) is 11.7. The molecule has 15 heteroatoms. The van der Waals surface area contributed by atoms with Crippen molar-refractivity contribution in [3.05, 3.63) is 29.8 Å². The van der Waals surface area contributed by atoms with Gasteiger partial charge in [-0.3, -0.25) is 4.79 Å². The molecule has 1 aliphatic carbocycles. The standard InChI is InChI=1S/C14H7F11N2O2/c15-9(8(29)27-26-5-6-1-3-7(28)4-2-6)10(16,17)12(20,21)14(24,25)13(22,23)11(9,18)19/h1-5,28H,(H,27,29)/b26-5-. The Morgan fingerprint density at radius 2 is 1.14 bits per heavy atom. The van der Waals surface area contributed by atoms with Crippen molar-refractivity contribution < 1.29 is 58.2 Å². The van der Waals surface area contributed by atoms with Crippen molar-refractivity contribution in [3.63, 3.8) is 0 Å². The topological polar surface area (TPSA) is 61.7 Å². The third kappa shape index (κ3) is 2.58. The predicted molar refractivity (Wildman–Crippen MR) is 72.4 cm³/mol. The van der Waals surface area contributed by atoms with Gasteiger partial charge in [-0.1, -0.05) is 0 Å². The van der Waals surface area contributed by atoms with Crippen molar-refractivity contribution in [3.8, 4) is 5.75 Å². The van der Waals surface area contributed by atoms with Gasteiger partial charge in [0.05, 0.1) is 6.21 Å². The van der Waals surface area contributed by atoms with Crippen molar-refractivity contribution in [2.45, 2.75) is 35.3 Å². The first kappa shape index (κ1) is 22.7. The summed E-state index contributed by atoms with van der Waals surface area (Å²) >= 11 is 0. The largest absolute Gasteiger partial charge is 0.508 e. The predicted octanol–water partition coefficient (Wildman–Crippen LogP) is 3.74. The molecule has 162 valence electrons. The van der Waals surface area contributed by atoms with E-state index in [1.807, 2.05) is 0 Å². The van der Waals surface area contributed by atoms with Crippen LogP contribution in [-0.2, 0) is 4.79 Å². The Morgan fingerprint density at radius 3 is 1.55 bits per heavy atom. The minimum atomic E-state index is -7.40. The molecule has 2 N–H and O–H groups in total. The van der Waals surface area contributed by atoms with Crippen LogP contribution in [-0.4, -0.2) is 52.5 Å². The lowest BCUT2D eigenvalue weighted by Crippen LogP contribution is -2.86. The normalized spacial score (nSPS) is 25.5. The minimum absolute atomic E-state index is 0.0969. The number of hydrazone groups is 1. The zero-order valence-corrected chi connectivity index (χ0v) is 13.3. The fourth-order valence-corrected chi connectivity index (χ4v) is 2.31. The fraction of sp³-hybridized carbons (Fsp3) is 0.429. The highest BCUT2D eigenvalue weighted by atomic mass is 19.4. The first-order valence-electron chi connectivity index (χ1n) is 7.10. The fourth-order valence-electron chi connectivity index (χ4n) is 2.31. The molecule has 0 bridgehead atoms. The van der Waals surface area contributed by atoms with Crippen molar-refractivity contribution in [2.24, 2.45) is 5.10 Å². The molecule has 0 saturated heterocycles. The summed E-state index contributed by atoms with van der Waals surface area (Å²) in [5.41, 5.74) is -6.31. The highest BCUT2D eigenvalue weighted by Gasteiger charge is 3.02. The average Bonchev–Trinajstić information content (AvgIpc) is 2.60. The molecule has 1 saturated carbocycles. The Balaban J connectivity index is 2.49. The molecule has 0 spiro atoms. The number of hydrogen-bond acceptors (Lipinski definition) is 3. The van der Waals surface area contributed by atoms with Crippen LogP contribution in [0.4, 0.5) is 48.3 Å². The molecule has 4 nitrogen and oxygen atoms in total. The number of alkyl halides is 11. The van der Waals surface area contributed by atoms with E-state index >= 15 is 0 Å². The second-order valence-corrected chi connectivity index (χ2v) is 5.82. The number of rotatable bonds is 3. The molecule has 2 rings (SSSR count). The number of amides is 1. The summed E-state index contributed by atoms with van der Waals surface area (Å²) in [5.74, 6) is -40.5. The first-order valence-corrected chi connectivity index (χ1v) is 7.10. The van der Waals surface area contributed by atoms with E-state index in [1.165, 1.54) is 0 Å². The van der Waals surface area contributed by atoms with Crippen molar-refractivity contribution in [1.29, 1.82) is 0 Å². The number of phenolic OH excluding ortho intramolecular Hbond substituents is 1. The summed E-state index contributed by atoms with van der Waals surface area (Å²) in [4.78, 5) is 11.5. The highest BCUT2D eigenvalue weighted by Crippen LogP contribution is 2.69. The molecule has 1 aliphatic rings. The molecule has 1 aromatic rings. The lowest BCUT2D eigenvalue weighted by Gasteiger charge is -2.51. The molecule has 0 unspecified atom stereocenters. The number of nitrogens with one attached hydrogen (secondary N) is 1. The van der Waals surface area contributed by atoms with Gasteiger partial charge in [-0.2, -0.15) is 49.0 Å². The van der Waals surface area contributed by atoms with Crippen LogP contribution in [0.5, 0.6) is 5.75 Å². The summed E-state index contributed by atoms with van der Waals surface area (Å²) in [6.45, 7) is 0. The quantitative estimate of drug-likeness (QED) is 0.424. The molecule has 0 heterocycles. The average molecular weight is 444 g/mol. The van der Waals surface area contributed by atoms with E-state index in [-0.39, 0.29) is 11.3 Å². The van der Waals surface area contributed by atoms with Gasteiger partial charge >= 0.3 is 35.3 Å². The van der Waals surface area contributed by atoms with Crippen LogP contribution in [0.25, 0.3) is 0 Å². The molecular formula is C14H7F11N2O2. The summed E-state index contributed by atoms with van der Waals surface area (Å²) in [6, 6.07) is 4.07. The van der Waals surface area contributed by atoms with Crippen LogP contribution in [0.1, 0.15) is 5.56 Å². The third-order valence-electron chi connectivity index (χ3n) is 4.03. The third-order valence-corrected chi connectivity index (χ3v) is 4.03. The second-order valence-electron chi connectivity index (χ2n) is 5.82. The molecule has 0 aliphatic heterocycles. The number of carbonyl (C=O) groups excluding carboxylic acids is 1. The van der Waals surface area contributed by atoms with Gasteiger partial charge in [0.25, 0.3) is 5.91 Å². The van der Waals surface area contributed by atoms with E-state index in [0.717, 1.165) is 24.3 Å². The van der Waals surface area contributed by atoms with Gasteiger partial charge in [0, 0.05) is 0 Å². The maximum Gasteiger partial charge on any atom is 0.384 e.